The van der Waals surface area contributed by atoms with Crippen molar-refractivity contribution in [3.05, 3.63) is 111 Å². The third kappa shape index (κ3) is 5.19. The number of halogens is 2. The topological polar surface area (TPSA) is 99.2 Å². The number of benzene rings is 2. The summed E-state index contributed by atoms with van der Waals surface area (Å²) in [4.78, 5) is 28.8. The molecule has 0 aliphatic carbocycles. The zero-order valence-corrected chi connectivity index (χ0v) is 17.9. The normalized spacial score (nSPS) is 10.6. The number of carbonyl (C=O) groups is 1. The molecule has 4 rings (SSSR count). The van der Waals surface area contributed by atoms with Crippen LogP contribution in [0.15, 0.2) is 83.9 Å². The molecule has 2 heterocycles. The van der Waals surface area contributed by atoms with Gasteiger partial charge in [-0.1, -0.05) is 23.7 Å². The Morgan fingerprint density at radius 2 is 1.79 bits per heavy atom. The van der Waals surface area contributed by atoms with Crippen molar-refractivity contribution in [3.63, 3.8) is 0 Å². The van der Waals surface area contributed by atoms with Crippen molar-refractivity contribution in [2.45, 2.75) is 6.54 Å². The summed E-state index contributed by atoms with van der Waals surface area (Å²) in [6, 6.07) is 16.9. The number of nitrogens with one attached hydrogen (secondary N) is 1. The quantitative estimate of drug-likeness (QED) is 0.442. The van der Waals surface area contributed by atoms with Gasteiger partial charge in [0.05, 0.1) is 5.56 Å². The van der Waals surface area contributed by atoms with Gasteiger partial charge in [0, 0.05) is 36.8 Å². The lowest BCUT2D eigenvalue weighted by Gasteiger charge is -2.11. The summed E-state index contributed by atoms with van der Waals surface area (Å²) >= 11 is 6.10. The first-order valence-electron chi connectivity index (χ1n) is 9.84. The van der Waals surface area contributed by atoms with E-state index in [1.54, 1.807) is 42.5 Å². The van der Waals surface area contributed by atoms with Gasteiger partial charge < -0.3 is 15.8 Å². The van der Waals surface area contributed by atoms with Crippen LogP contribution in [-0.4, -0.2) is 15.5 Å². The van der Waals surface area contributed by atoms with Crippen molar-refractivity contribution < 1.29 is 13.9 Å². The van der Waals surface area contributed by atoms with E-state index in [9.17, 15) is 14.0 Å². The highest BCUT2D eigenvalue weighted by Crippen LogP contribution is 2.32. The molecule has 0 saturated carbocycles. The molecule has 0 atom stereocenters. The Labute approximate surface area is 193 Å². The average Bonchev–Trinajstić information content (AvgIpc) is 2.82. The van der Waals surface area contributed by atoms with Gasteiger partial charge in [0.2, 0.25) is 0 Å². The fourth-order valence-corrected chi connectivity index (χ4v) is 3.18. The zero-order valence-electron chi connectivity index (χ0n) is 17.2. The van der Waals surface area contributed by atoms with Gasteiger partial charge in [-0.2, -0.15) is 0 Å². The van der Waals surface area contributed by atoms with Gasteiger partial charge in [0.25, 0.3) is 11.5 Å². The van der Waals surface area contributed by atoms with Crippen molar-refractivity contribution in [1.82, 2.24) is 14.9 Å². The Kier molecular flexibility index (Phi) is 6.37. The molecule has 0 aliphatic heterocycles. The average molecular weight is 465 g/mol. The first-order valence-corrected chi connectivity index (χ1v) is 10.2. The van der Waals surface area contributed by atoms with E-state index in [4.69, 9.17) is 22.1 Å². The summed E-state index contributed by atoms with van der Waals surface area (Å²) in [5.41, 5.74) is 6.98. The van der Waals surface area contributed by atoms with Gasteiger partial charge in [0.1, 0.15) is 22.4 Å². The minimum atomic E-state index is -0.363. The van der Waals surface area contributed by atoms with Crippen LogP contribution in [0.1, 0.15) is 15.9 Å². The number of rotatable bonds is 6. The van der Waals surface area contributed by atoms with Gasteiger partial charge in [0.15, 0.2) is 5.75 Å². The van der Waals surface area contributed by atoms with Crippen LogP contribution < -0.4 is 21.3 Å². The number of carbonyl (C=O) groups excluding carboxylic acids is 1. The van der Waals surface area contributed by atoms with E-state index < -0.39 is 0 Å². The van der Waals surface area contributed by atoms with Crippen LogP contribution in [-0.2, 0) is 6.54 Å². The van der Waals surface area contributed by atoms with E-state index >= 15 is 0 Å². The molecular formula is C24H18ClFN4O3. The van der Waals surface area contributed by atoms with E-state index in [0.717, 1.165) is 5.56 Å². The molecule has 3 N–H and O–H groups in total. The molecule has 0 unspecified atom stereocenters. The molecule has 166 valence electrons. The van der Waals surface area contributed by atoms with Gasteiger partial charge in [-0.15, -0.1) is 0 Å². The highest BCUT2D eigenvalue weighted by atomic mass is 35.5. The van der Waals surface area contributed by atoms with Crippen LogP contribution in [0.25, 0.3) is 5.69 Å². The summed E-state index contributed by atoms with van der Waals surface area (Å²) in [7, 11) is 0. The molecule has 0 aliphatic rings. The zero-order chi connectivity index (χ0) is 23.4. The standard InChI is InChI=1S/C24H18ClFN4O3/c25-22-20(11-12-28-23(22)27)33-19-8-6-18(7-9-19)30-14-16(3-10-21(30)31)24(32)29-13-15-1-4-17(26)5-2-15/h1-12,14H,13H2,(H2,27,28)(H,29,32). The number of hydrogen-bond donors (Lipinski definition) is 2. The number of nitrogens with two attached hydrogens (primary N) is 1. The number of amides is 1. The first kappa shape index (κ1) is 22.0. The van der Waals surface area contributed by atoms with Gasteiger partial charge >= 0.3 is 0 Å². The second-order valence-corrected chi connectivity index (χ2v) is 7.42. The Balaban J connectivity index is 1.50. The minimum absolute atomic E-state index is 0.159. The second-order valence-electron chi connectivity index (χ2n) is 7.04. The Morgan fingerprint density at radius 1 is 1.06 bits per heavy atom. The number of ether oxygens (including phenoxy) is 1. The molecule has 0 saturated heterocycles. The fourth-order valence-electron chi connectivity index (χ4n) is 3.03. The van der Waals surface area contributed by atoms with Crippen LogP contribution in [0.5, 0.6) is 11.5 Å². The Hall–Kier alpha value is -4.17. The Morgan fingerprint density at radius 3 is 2.52 bits per heavy atom. The smallest absolute Gasteiger partial charge is 0.255 e. The van der Waals surface area contributed by atoms with Crippen molar-refractivity contribution in [1.29, 1.82) is 0 Å². The maximum Gasteiger partial charge on any atom is 0.255 e. The van der Waals surface area contributed by atoms with Crippen molar-refractivity contribution in [2.75, 3.05) is 5.73 Å². The lowest BCUT2D eigenvalue weighted by Crippen LogP contribution is -2.25. The van der Waals surface area contributed by atoms with Gasteiger partial charge in [-0.25, -0.2) is 9.37 Å². The van der Waals surface area contributed by atoms with Gasteiger partial charge in [-0.05, 0) is 48.0 Å². The molecule has 2 aromatic carbocycles. The van der Waals surface area contributed by atoms with E-state index in [2.05, 4.69) is 10.3 Å². The SMILES string of the molecule is Nc1nccc(Oc2ccc(-n3cc(C(=O)NCc4ccc(F)cc4)ccc3=O)cc2)c1Cl. The largest absolute Gasteiger partial charge is 0.456 e. The van der Waals surface area contributed by atoms with E-state index in [1.165, 1.54) is 41.2 Å². The third-order valence-electron chi connectivity index (χ3n) is 4.76. The molecule has 33 heavy (non-hydrogen) atoms. The lowest BCUT2D eigenvalue weighted by atomic mass is 10.2. The van der Waals surface area contributed by atoms with Gasteiger partial charge in [-0.3, -0.25) is 14.2 Å². The van der Waals surface area contributed by atoms with E-state index in [-0.39, 0.29) is 34.7 Å². The highest BCUT2D eigenvalue weighted by Gasteiger charge is 2.10. The predicted octanol–water partition coefficient (Wildman–Crippen LogP) is 4.33. The summed E-state index contributed by atoms with van der Waals surface area (Å²) in [5, 5.41) is 2.96. The fraction of sp³-hybridized carbons (Fsp3) is 0.0417. The van der Waals surface area contributed by atoms with Crippen LogP contribution in [0.4, 0.5) is 10.2 Å². The van der Waals surface area contributed by atoms with Crippen LogP contribution in [0.2, 0.25) is 5.02 Å². The Bertz CT molecular complexity index is 1360. The van der Waals surface area contributed by atoms with Crippen LogP contribution in [0, 0.1) is 5.82 Å². The monoisotopic (exact) mass is 464 g/mol. The number of pyridine rings is 2. The molecule has 0 bridgehead atoms. The molecule has 7 nitrogen and oxygen atoms in total. The summed E-state index contributed by atoms with van der Waals surface area (Å²) in [5.74, 6) is 0.285. The second kappa shape index (κ2) is 9.54. The summed E-state index contributed by atoms with van der Waals surface area (Å²) in [6.07, 6.45) is 2.94. The highest BCUT2D eigenvalue weighted by molar-refractivity contribution is 6.34. The predicted molar refractivity (Wildman–Crippen MR) is 123 cm³/mol. The molecule has 4 aromatic rings. The molecular weight excluding hydrogens is 447 g/mol. The van der Waals surface area contributed by atoms with E-state index in [0.29, 0.717) is 22.7 Å². The maximum atomic E-state index is 13.0. The number of nitrogens with zero attached hydrogens (tertiary/aromatic N) is 2. The number of nitrogen functional groups attached to an aromatic ring is 1. The number of hydrogen-bond acceptors (Lipinski definition) is 5. The molecule has 0 fully saturated rings. The number of anilines is 1. The molecule has 0 radical (unpaired) electrons. The van der Waals surface area contributed by atoms with Crippen molar-refractivity contribution in [2.24, 2.45) is 0 Å². The van der Waals surface area contributed by atoms with Crippen molar-refractivity contribution in [3.8, 4) is 17.2 Å². The molecule has 0 spiro atoms. The lowest BCUT2D eigenvalue weighted by molar-refractivity contribution is 0.0950. The van der Waals surface area contributed by atoms with Crippen LogP contribution in [0.3, 0.4) is 0 Å². The van der Waals surface area contributed by atoms with E-state index in [1.807, 2.05) is 0 Å². The number of aromatic nitrogens is 2. The third-order valence-corrected chi connectivity index (χ3v) is 5.14. The minimum Gasteiger partial charge on any atom is -0.456 e. The first-order chi connectivity index (χ1) is 15.9. The van der Waals surface area contributed by atoms with Crippen molar-refractivity contribution >= 4 is 23.3 Å². The van der Waals surface area contributed by atoms with Crippen LogP contribution >= 0.6 is 11.6 Å². The summed E-state index contributed by atoms with van der Waals surface area (Å²) < 4.78 is 20.1. The maximum absolute atomic E-state index is 13.0. The molecule has 9 heteroatoms. The molecule has 1 amide bonds. The molecule has 2 aromatic heterocycles. The summed E-state index contributed by atoms with van der Waals surface area (Å²) in [6.45, 7) is 0.229.